The fraction of sp³-hybridized carbons (Fsp3) is 0.500. The average Bonchev–Trinajstić information content (AvgIpc) is 2.37. The molecule has 1 rings (SSSR count). The van der Waals surface area contributed by atoms with E-state index in [0.717, 1.165) is 15.6 Å². The Morgan fingerprint density at radius 3 is 2.37 bits per heavy atom. The van der Waals surface area contributed by atoms with Gasteiger partial charge in [-0.2, -0.15) is 0 Å². The highest BCUT2D eigenvalue weighted by Gasteiger charge is 2.35. The molecule has 0 aliphatic rings. The molecule has 0 saturated heterocycles. The number of carbonyl (C=O) groups excluding carboxylic acids is 1. The van der Waals surface area contributed by atoms with Crippen molar-refractivity contribution in [3.8, 4) is 5.75 Å². The number of benzene rings is 1. The summed E-state index contributed by atoms with van der Waals surface area (Å²) in [5.74, 6) is 0.340. The summed E-state index contributed by atoms with van der Waals surface area (Å²) >= 11 is 3.45. The predicted molar refractivity (Wildman–Crippen MR) is 76.4 cm³/mol. The van der Waals surface area contributed by atoms with Crippen molar-refractivity contribution in [2.45, 2.75) is 25.9 Å². The Labute approximate surface area is 122 Å². The summed E-state index contributed by atoms with van der Waals surface area (Å²) in [5.41, 5.74) is 0.849. The van der Waals surface area contributed by atoms with Gasteiger partial charge >= 0.3 is 5.97 Å². The van der Waals surface area contributed by atoms with Gasteiger partial charge in [-0.3, -0.25) is 4.79 Å². The van der Waals surface area contributed by atoms with Crippen LogP contribution in [0.2, 0.25) is 0 Å². The van der Waals surface area contributed by atoms with Crippen LogP contribution in [0.4, 0.5) is 0 Å². The molecule has 5 heteroatoms. The van der Waals surface area contributed by atoms with Crippen molar-refractivity contribution in [3.05, 3.63) is 27.7 Å². The van der Waals surface area contributed by atoms with Crippen LogP contribution in [0.1, 0.15) is 25.0 Å². The maximum atomic E-state index is 12.0. The van der Waals surface area contributed by atoms with Crippen molar-refractivity contribution in [1.29, 1.82) is 0 Å². The SMILES string of the molecule is COCc1cc(Br)cc(C(C)(C)C(=O)OC)c1OC. The van der Waals surface area contributed by atoms with Crippen LogP contribution in [-0.2, 0) is 26.3 Å². The molecule has 1 aromatic rings. The van der Waals surface area contributed by atoms with Gasteiger partial charge in [-0.1, -0.05) is 15.9 Å². The van der Waals surface area contributed by atoms with Gasteiger partial charge in [-0.25, -0.2) is 0 Å². The first-order valence-corrected chi connectivity index (χ1v) is 6.62. The molecule has 0 unspecified atom stereocenters. The fourth-order valence-electron chi connectivity index (χ4n) is 1.98. The number of hydrogen-bond donors (Lipinski definition) is 0. The maximum absolute atomic E-state index is 12.0. The third kappa shape index (κ3) is 3.28. The third-order valence-corrected chi connectivity index (χ3v) is 3.46. The molecule has 0 fully saturated rings. The fourth-order valence-corrected chi connectivity index (χ4v) is 2.49. The molecule has 0 radical (unpaired) electrons. The average molecular weight is 331 g/mol. The zero-order chi connectivity index (χ0) is 14.6. The first-order chi connectivity index (χ1) is 8.88. The molecule has 0 bridgehead atoms. The molecule has 0 aromatic heterocycles. The molecule has 0 aliphatic heterocycles. The van der Waals surface area contributed by atoms with E-state index in [2.05, 4.69) is 15.9 Å². The molecule has 19 heavy (non-hydrogen) atoms. The molecular weight excluding hydrogens is 312 g/mol. The lowest BCUT2D eigenvalue weighted by atomic mass is 9.83. The lowest BCUT2D eigenvalue weighted by Crippen LogP contribution is -2.31. The van der Waals surface area contributed by atoms with Crippen molar-refractivity contribution < 1.29 is 19.0 Å². The summed E-state index contributed by atoms with van der Waals surface area (Å²) in [5, 5.41) is 0. The first-order valence-electron chi connectivity index (χ1n) is 5.82. The van der Waals surface area contributed by atoms with Crippen LogP contribution >= 0.6 is 15.9 Å². The predicted octanol–water partition coefficient (Wildman–Crippen LogP) is 3.05. The van der Waals surface area contributed by atoms with Gasteiger partial charge in [0.1, 0.15) is 5.75 Å². The molecule has 0 saturated carbocycles. The Kier molecular flexibility index (Phi) is 5.38. The minimum Gasteiger partial charge on any atom is -0.496 e. The number of methoxy groups -OCH3 is 3. The van der Waals surface area contributed by atoms with Crippen molar-refractivity contribution in [3.63, 3.8) is 0 Å². The van der Waals surface area contributed by atoms with Crippen LogP contribution in [-0.4, -0.2) is 27.3 Å². The quantitative estimate of drug-likeness (QED) is 0.778. The van der Waals surface area contributed by atoms with E-state index in [1.54, 1.807) is 28.1 Å². The van der Waals surface area contributed by atoms with Gasteiger partial charge in [0.2, 0.25) is 0 Å². The topological polar surface area (TPSA) is 44.8 Å². The number of rotatable bonds is 5. The van der Waals surface area contributed by atoms with E-state index in [9.17, 15) is 4.79 Å². The van der Waals surface area contributed by atoms with Crippen LogP contribution < -0.4 is 4.74 Å². The van der Waals surface area contributed by atoms with E-state index in [1.807, 2.05) is 12.1 Å². The molecule has 0 aliphatic carbocycles. The molecular formula is C14H19BrO4. The number of carbonyl (C=O) groups is 1. The summed E-state index contributed by atoms with van der Waals surface area (Å²) in [4.78, 5) is 12.0. The van der Waals surface area contributed by atoms with Gasteiger partial charge in [0.25, 0.3) is 0 Å². The van der Waals surface area contributed by atoms with E-state index in [0.29, 0.717) is 12.4 Å². The second kappa shape index (κ2) is 6.39. The van der Waals surface area contributed by atoms with Crippen LogP contribution in [0.5, 0.6) is 5.75 Å². The third-order valence-electron chi connectivity index (χ3n) is 3.00. The van der Waals surface area contributed by atoms with Crippen molar-refractivity contribution in [1.82, 2.24) is 0 Å². The summed E-state index contributed by atoms with van der Waals surface area (Å²) < 4.78 is 16.4. The van der Waals surface area contributed by atoms with Crippen LogP contribution in [0.25, 0.3) is 0 Å². The zero-order valence-electron chi connectivity index (χ0n) is 11.9. The smallest absolute Gasteiger partial charge is 0.315 e. The minimum atomic E-state index is -0.799. The Bertz CT molecular complexity index is 469. The largest absolute Gasteiger partial charge is 0.496 e. The highest BCUT2D eigenvalue weighted by atomic mass is 79.9. The molecule has 106 valence electrons. The maximum Gasteiger partial charge on any atom is 0.315 e. The first kappa shape index (κ1) is 16.0. The van der Waals surface area contributed by atoms with E-state index in [-0.39, 0.29) is 5.97 Å². The lowest BCUT2D eigenvalue weighted by molar-refractivity contribution is -0.146. The van der Waals surface area contributed by atoms with Crippen molar-refractivity contribution in [2.24, 2.45) is 0 Å². The highest BCUT2D eigenvalue weighted by molar-refractivity contribution is 9.10. The Morgan fingerprint density at radius 2 is 1.89 bits per heavy atom. The summed E-state index contributed by atoms with van der Waals surface area (Å²) in [6.07, 6.45) is 0. The summed E-state index contributed by atoms with van der Waals surface area (Å²) in [7, 11) is 4.58. The second-order valence-electron chi connectivity index (χ2n) is 4.70. The number of hydrogen-bond acceptors (Lipinski definition) is 4. The number of ether oxygens (including phenoxy) is 3. The highest BCUT2D eigenvalue weighted by Crippen LogP contribution is 2.38. The van der Waals surface area contributed by atoms with Crippen molar-refractivity contribution in [2.75, 3.05) is 21.3 Å². The van der Waals surface area contributed by atoms with Gasteiger partial charge in [0.15, 0.2) is 0 Å². The number of halogens is 1. The molecule has 4 nitrogen and oxygen atoms in total. The lowest BCUT2D eigenvalue weighted by Gasteiger charge is -2.26. The normalized spacial score (nSPS) is 11.3. The van der Waals surface area contributed by atoms with E-state index in [4.69, 9.17) is 14.2 Å². The van der Waals surface area contributed by atoms with E-state index < -0.39 is 5.41 Å². The number of esters is 1. The minimum absolute atomic E-state index is 0.313. The molecule has 0 spiro atoms. The summed E-state index contributed by atoms with van der Waals surface area (Å²) in [6.45, 7) is 4.02. The van der Waals surface area contributed by atoms with Crippen LogP contribution in [0.15, 0.2) is 16.6 Å². The summed E-state index contributed by atoms with van der Waals surface area (Å²) in [6, 6.07) is 3.79. The van der Waals surface area contributed by atoms with E-state index in [1.165, 1.54) is 7.11 Å². The molecule has 0 atom stereocenters. The molecule has 1 aromatic carbocycles. The molecule has 0 N–H and O–H groups in total. The van der Waals surface area contributed by atoms with E-state index >= 15 is 0 Å². The van der Waals surface area contributed by atoms with Gasteiger partial charge in [0.05, 0.1) is 26.2 Å². The second-order valence-corrected chi connectivity index (χ2v) is 5.61. The zero-order valence-corrected chi connectivity index (χ0v) is 13.5. The van der Waals surface area contributed by atoms with Gasteiger partial charge in [-0.15, -0.1) is 0 Å². The van der Waals surface area contributed by atoms with Crippen molar-refractivity contribution >= 4 is 21.9 Å². The van der Waals surface area contributed by atoms with Gasteiger partial charge in [0, 0.05) is 22.7 Å². The molecule has 0 heterocycles. The Balaban J connectivity index is 3.45. The monoisotopic (exact) mass is 330 g/mol. The van der Waals surface area contributed by atoms with Crippen LogP contribution in [0, 0.1) is 0 Å². The Hall–Kier alpha value is -1.07. The molecule has 0 amide bonds. The van der Waals surface area contributed by atoms with Crippen LogP contribution in [0.3, 0.4) is 0 Å². The van der Waals surface area contributed by atoms with Gasteiger partial charge < -0.3 is 14.2 Å². The van der Waals surface area contributed by atoms with Gasteiger partial charge in [-0.05, 0) is 26.0 Å². The standard InChI is InChI=1S/C14H19BrO4/c1-14(2,13(16)19-5)11-7-10(15)6-9(8-17-3)12(11)18-4/h6-7H,8H2,1-5H3. The Morgan fingerprint density at radius 1 is 1.26 bits per heavy atom.